The quantitative estimate of drug-likeness (QED) is 0.869. The van der Waals surface area contributed by atoms with Gasteiger partial charge >= 0.3 is 0 Å². The molecule has 4 nitrogen and oxygen atoms in total. The van der Waals surface area contributed by atoms with Gasteiger partial charge in [0.1, 0.15) is 5.82 Å². The smallest absolute Gasteiger partial charge is 0.255 e. The number of hydrogen-bond acceptors (Lipinski definition) is 2. The van der Waals surface area contributed by atoms with Gasteiger partial charge in [0.15, 0.2) is 0 Å². The van der Waals surface area contributed by atoms with Gasteiger partial charge in [0.05, 0.1) is 12.1 Å². The molecule has 0 aliphatic carbocycles. The molecule has 0 atom stereocenters. The Morgan fingerprint density at radius 1 is 1.42 bits per heavy atom. The van der Waals surface area contributed by atoms with Crippen molar-refractivity contribution in [3.05, 3.63) is 34.1 Å². The minimum absolute atomic E-state index is 0.165. The lowest BCUT2D eigenvalue weighted by molar-refractivity contribution is -0.118. The maximum atomic E-state index is 13.2. The summed E-state index contributed by atoms with van der Waals surface area (Å²) in [7, 11) is 0. The lowest BCUT2D eigenvalue weighted by Crippen LogP contribution is -2.39. The molecule has 1 rings (SSSR count). The third-order valence-corrected chi connectivity index (χ3v) is 3.27. The molecule has 0 aromatic heterocycles. The van der Waals surface area contributed by atoms with E-state index in [4.69, 9.17) is 5.73 Å². The maximum absolute atomic E-state index is 13.2. The lowest BCUT2D eigenvalue weighted by atomic mass is 10.2. The van der Waals surface area contributed by atoms with Crippen LogP contribution in [0, 0.1) is 5.82 Å². The monoisotopic (exact) mass is 330 g/mol. The van der Waals surface area contributed by atoms with Crippen molar-refractivity contribution in [1.29, 1.82) is 0 Å². The Morgan fingerprint density at radius 2 is 2.11 bits per heavy atom. The van der Waals surface area contributed by atoms with Gasteiger partial charge in [0, 0.05) is 11.0 Å². The predicted molar refractivity (Wildman–Crippen MR) is 74.1 cm³/mol. The van der Waals surface area contributed by atoms with Crippen LogP contribution < -0.4 is 5.73 Å². The lowest BCUT2D eigenvalue weighted by Gasteiger charge is -2.21. The molecule has 0 saturated carbocycles. The number of nitrogens with zero attached hydrogens (tertiary/aromatic N) is 1. The van der Waals surface area contributed by atoms with Crippen LogP contribution in [0.4, 0.5) is 4.39 Å². The van der Waals surface area contributed by atoms with Crippen molar-refractivity contribution >= 4 is 27.7 Å². The summed E-state index contributed by atoms with van der Waals surface area (Å²) in [5.74, 6) is -1.49. The van der Waals surface area contributed by atoms with E-state index in [0.29, 0.717) is 11.0 Å². The van der Waals surface area contributed by atoms with Gasteiger partial charge in [0.2, 0.25) is 5.91 Å². The molecule has 0 bridgehead atoms. The van der Waals surface area contributed by atoms with E-state index in [1.165, 1.54) is 17.0 Å². The van der Waals surface area contributed by atoms with Crippen LogP contribution in [0.2, 0.25) is 0 Å². The number of carbonyl (C=O) groups excluding carboxylic acids is 2. The van der Waals surface area contributed by atoms with E-state index in [1.807, 2.05) is 6.92 Å². The Bertz CT molecular complexity index is 480. The van der Waals surface area contributed by atoms with Crippen molar-refractivity contribution < 1.29 is 14.0 Å². The van der Waals surface area contributed by atoms with Crippen LogP contribution in [0.15, 0.2) is 22.7 Å². The molecule has 0 aliphatic rings. The third kappa shape index (κ3) is 4.63. The minimum Gasteiger partial charge on any atom is -0.368 e. The topological polar surface area (TPSA) is 63.4 Å². The number of nitrogens with two attached hydrogens (primary N) is 1. The summed E-state index contributed by atoms with van der Waals surface area (Å²) in [5.41, 5.74) is 5.32. The first-order valence-electron chi connectivity index (χ1n) is 5.98. The molecule has 19 heavy (non-hydrogen) atoms. The first-order valence-corrected chi connectivity index (χ1v) is 6.77. The van der Waals surface area contributed by atoms with Crippen LogP contribution in [0.25, 0.3) is 0 Å². The summed E-state index contributed by atoms with van der Waals surface area (Å²) >= 11 is 3.20. The minimum atomic E-state index is -0.586. The number of primary amides is 1. The zero-order valence-electron chi connectivity index (χ0n) is 10.7. The molecule has 6 heteroatoms. The van der Waals surface area contributed by atoms with E-state index >= 15 is 0 Å². The summed E-state index contributed by atoms with van der Waals surface area (Å²) < 4.78 is 13.7. The molecule has 104 valence electrons. The summed E-state index contributed by atoms with van der Waals surface area (Å²) in [5, 5.41) is 0. The Labute approximate surface area is 119 Å². The fraction of sp³-hybridized carbons (Fsp3) is 0.385. The van der Waals surface area contributed by atoms with Gasteiger partial charge in [-0.25, -0.2) is 4.39 Å². The van der Waals surface area contributed by atoms with Crippen LogP contribution >= 0.6 is 15.9 Å². The van der Waals surface area contributed by atoms with E-state index < -0.39 is 17.6 Å². The largest absolute Gasteiger partial charge is 0.368 e. The van der Waals surface area contributed by atoms with Crippen molar-refractivity contribution in [2.75, 3.05) is 13.1 Å². The average molecular weight is 331 g/mol. The van der Waals surface area contributed by atoms with E-state index in [2.05, 4.69) is 15.9 Å². The highest BCUT2D eigenvalue weighted by Crippen LogP contribution is 2.19. The molecule has 0 heterocycles. The molecule has 1 aromatic carbocycles. The van der Waals surface area contributed by atoms with Crippen LogP contribution in [0.1, 0.15) is 30.1 Å². The second-order valence-electron chi connectivity index (χ2n) is 4.17. The second-order valence-corrected chi connectivity index (χ2v) is 5.03. The molecule has 0 saturated heterocycles. The average Bonchev–Trinajstić information content (AvgIpc) is 2.36. The van der Waals surface area contributed by atoms with Crippen molar-refractivity contribution in [3.63, 3.8) is 0 Å². The Morgan fingerprint density at radius 3 is 2.68 bits per heavy atom. The Hall–Kier alpha value is -1.43. The molecule has 0 spiro atoms. The molecule has 0 unspecified atom stereocenters. The van der Waals surface area contributed by atoms with E-state index in [1.54, 1.807) is 0 Å². The highest BCUT2D eigenvalue weighted by molar-refractivity contribution is 9.10. The van der Waals surface area contributed by atoms with E-state index in [9.17, 15) is 14.0 Å². The maximum Gasteiger partial charge on any atom is 0.255 e. The van der Waals surface area contributed by atoms with Gasteiger partial charge < -0.3 is 10.6 Å². The number of amides is 2. The summed E-state index contributed by atoms with van der Waals surface area (Å²) in [6.45, 7) is 2.23. The Kier molecular flexibility index (Phi) is 5.95. The van der Waals surface area contributed by atoms with Crippen molar-refractivity contribution in [3.8, 4) is 0 Å². The van der Waals surface area contributed by atoms with Crippen molar-refractivity contribution in [1.82, 2.24) is 4.90 Å². The van der Waals surface area contributed by atoms with Gasteiger partial charge in [-0.1, -0.05) is 13.3 Å². The zero-order valence-corrected chi connectivity index (χ0v) is 12.2. The van der Waals surface area contributed by atoms with E-state index in [0.717, 1.165) is 18.9 Å². The van der Waals surface area contributed by atoms with Crippen LogP contribution in [-0.2, 0) is 4.79 Å². The normalized spacial score (nSPS) is 10.3. The highest BCUT2D eigenvalue weighted by Gasteiger charge is 2.20. The number of unbranched alkanes of at least 4 members (excludes halogenated alkanes) is 1. The highest BCUT2D eigenvalue weighted by atomic mass is 79.9. The van der Waals surface area contributed by atoms with E-state index in [-0.39, 0.29) is 12.1 Å². The van der Waals surface area contributed by atoms with Gasteiger partial charge in [0.25, 0.3) is 5.91 Å². The van der Waals surface area contributed by atoms with Crippen molar-refractivity contribution in [2.45, 2.75) is 19.8 Å². The summed E-state index contributed by atoms with van der Waals surface area (Å²) in [6.07, 6.45) is 1.64. The first kappa shape index (κ1) is 15.6. The molecule has 0 radical (unpaired) electrons. The van der Waals surface area contributed by atoms with Crippen LogP contribution in [0.3, 0.4) is 0 Å². The summed E-state index contributed by atoms with van der Waals surface area (Å²) in [4.78, 5) is 24.6. The Balaban J connectivity index is 2.97. The SMILES string of the molecule is CCCCN(CC(N)=O)C(=O)c1cc(F)ccc1Br. The summed E-state index contributed by atoms with van der Waals surface area (Å²) in [6, 6.07) is 3.86. The van der Waals surface area contributed by atoms with Gasteiger partial charge in [-0.3, -0.25) is 9.59 Å². The predicted octanol–water partition coefficient (Wildman–Crippen LogP) is 2.32. The number of halogens is 2. The van der Waals surface area contributed by atoms with Crippen LogP contribution in [-0.4, -0.2) is 29.8 Å². The van der Waals surface area contributed by atoms with Gasteiger partial charge in [-0.15, -0.1) is 0 Å². The second kappa shape index (κ2) is 7.23. The third-order valence-electron chi connectivity index (χ3n) is 2.57. The first-order chi connectivity index (χ1) is 8.95. The van der Waals surface area contributed by atoms with Gasteiger partial charge in [-0.05, 0) is 40.5 Å². The van der Waals surface area contributed by atoms with Crippen molar-refractivity contribution in [2.24, 2.45) is 5.73 Å². The fourth-order valence-electron chi connectivity index (χ4n) is 1.62. The molecule has 0 fully saturated rings. The molecule has 2 N–H and O–H groups in total. The molecule has 0 aliphatic heterocycles. The van der Waals surface area contributed by atoms with Crippen LogP contribution in [0.5, 0.6) is 0 Å². The molecule has 2 amide bonds. The molecule has 1 aromatic rings. The number of benzene rings is 1. The molecular formula is C13H16BrFN2O2. The molecular weight excluding hydrogens is 315 g/mol. The zero-order chi connectivity index (χ0) is 14.4. The number of rotatable bonds is 6. The standard InChI is InChI=1S/C13H16BrFN2O2/c1-2-3-6-17(8-12(16)18)13(19)10-7-9(15)4-5-11(10)14/h4-5,7H,2-3,6,8H2,1H3,(H2,16,18). The number of carbonyl (C=O) groups is 2. The van der Waals surface area contributed by atoms with Gasteiger partial charge in [-0.2, -0.15) is 0 Å². The number of hydrogen-bond donors (Lipinski definition) is 1. The fourth-order valence-corrected chi connectivity index (χ4v) is 2.04.